The van der Waals surface area contributed by atoms with Crippen molar-refractivity contribution < 1.29 is 0 Å². The molecule has 1 aliphatic carbocycles. The average molecular weight is 278 g/mol. The second kappa shape index (κ2) is 6.05. The molecule has 1 atom stereocenters. The molecule has 0 amide bonds. The number of rotatable bonds is 6. The molecule has 2 aromatic rings. The van der Waals surface area contributed by atoms with E-state index < -0.39 is 0 Å². The highest BCUT2D eigenvalue weighted by atomic mass is 14.5. The van der Waals surface area contributed by atoms with E-state index in [1.807, 2.05) is 0 Å². The van der Waals surface area contributed by atoms with Crippen LogP contribution in [0.15, 0.2) is 54.6 Å². The van der Waals surface area contributed by atoms with Gasteiger partial charge in [-0.15, -0.1) is 0 Å². The van der Waals surface area contributed by atoms with Crippen LogP contribution in [0, 0.1) is 0 Å². The maximum absolute atomic E-state index is 2.39. The van der Waals surface area contributed by atoms with Crippen LogP contribution in [0.25, 0.3) is 0 Å². The normalized spacial score (nSPS) is 17.4. The maximum Gasteiger partial charge on any atom is -0.00406 e. The highest BCUT2D eigenvalue weighted by Gasteiger charge is 2.44. The van der Waals surface area contributed by atoms with Gasteiger partial charge in [0, 0.05) is 0 Å². The lowest BCUT2D eigenvalue weighted by Crippen LogP contribution is -2.10. The zero-order valence-corrected chi connectivity index (χ0v) is 13.3. The Balaban J connectivity index is 1.70. The van der Waals surface area contributed by atoms with E-state index in [9.17, 15) is 0 Å². The van der Waals surface area contributed by atoms with Crippen LogP contribution in [0.5, 0.6) is 0 Å². The highest BCUT2D eigenvalue weighted by Crippen LogP contribution is 2.53. The number of hydrogen-bond acceptors (Lipinski definition) is 0. The molecule has 1 aliphatic rings. The van der Waals surface area contributed by atoms with E-state index in [1.54, 1.807) is 5.56 Å². The summed E-state index contributed by atoms with van der Waals surface area (Å²) in [7, 11) is 0. The monoisotopic (exact) mass is 278 g/mol. The van der Waals surface area contributed by atoms with Crippen molar-refractivity contribution in [3.05, 3.63) is 71.3 Å². The van der Waals surface area contributed by atoms with Crippen molar-refractivity contribution in [2.24, 2.45) is 0 Å². The van der Waals surface area contributed by atoms with Crippen LogP contribution < -0.4 is 0 Å². The predicted molar refractivity (Wildman–Crippen MR) is 90.8 cm³/mol. The molecule has 21 heavy (non-hydrogen) atoms. The molecular formula is C21H26. The Bertz CT molecular complexity index is 561. The first kappa shape index (κ1) is 14.4. The lowest BCUT2D eigenvalue weighted by molar-refractivity contribution is 0.547. The summed E-state index contributed by atoms with van der Waals surface area (Å²) in [6.45, 7) is 4.63. The zero-order chi connectivity index (χ0) is 14.7. The van der Waals surface area contributed by atoms with Gasteiger partial charge in [-0.1, -0.05) is 74.9 Å². The van der Waals surface area contributed by atoms with Gasteiger partial charge in [0.1, 0.15) is 0 Å². The second-order valence-electron chi connectivity index (χ2n) is 6.74. The van der Waals surface area contributed by atoms with Gasteiger partial charge < -0.3 is 0 Å². The average Bonchev–Trinajstić information content (AvgIpc) is 3.30. The third kappa shape index (κ3) is 3.20. The topological polar surface area (TPSA) is 0 Å². The second-order valence-corrected chi connectivity index (χ2v) is 6.74. The molecule has 1 saturated carbocycles. The Morgan fingerprint density at radius 3 is 2.19 bits per heavy atom. The summed E-state index contributed by atoms with van der Waals surface area (Å²) in [5.74, 6) is 0.642. The van der Waals surface area contributed by atoms with E-state index in [0.717, 1.165) is 0 Å². The minimum Gasteiger partial charge on any atom is -0.0651 e. The lowest BCUT2D eigenvalue weighted by atomic mass is 9.83. The molecule has 0 radical (unpaired) electrons. The first-order valence-electron chi connectivity index (χ1n) is 8.38. The van der Waals surface area contributed by atoms with Gasteiger partial charge in [-0.3, -0.25) is 0 Å². The Morgan fingerprint density at radius 2 is 1.62 bits per heavy atom. The summed E-state index contributed by atoms with van der Waals surface area (Å²) in [6, 6.07) is 20.4. The Kier molecular flexibility index (Phi) is 4.14. The number of hydrogen-bond donors (Lipinski definition) is 0. The molecule has 110 valence electrons. The van der Waals surface area contributed by atoms with Gasteiger partial charge in [0.05, 0.1) is 0 Å². The van der Waals surface area contributed by atoms with E-state index >= 15 is 0 Å². The molecule has 0 bridgehead atoms. The first-order chi connectivity index (χ1) is 10.2. The van der Waals surface area contributed by atoms with Gasteiger partial charge >= 0.3 is 0 Å². The van der Waals surface area contributed by atoms with Gasteiger partial charge in [-0.25, -0.2) is 0 Å². The summed E-state index contributed by atoms with van der Waals surface area (Å²) in [5, 5.41) is 0. The smallest absolute Gasteiger partial charge is 0.00406 e. The molecule has 1 fully saturated rings. The number of benzene rings is 2. The summed E-state index contributed by atoms with van der Waals surface area (Å²) >= 11 is 0. The van der Waals surface area contributed by atoms with Gasteiger partial charge in [0.25, 0.3) is 0 Å². The Hall–Kier alpha value is -1.56. The highest BCUT2D eigenvalue weighted by molar-refractivity contribution is 5.33. The van der Waals surface area contributed by atoms with Gasteiger partial charge in [-0.2, -0.15) is 0 Å². The summed E-state index contributed by atoms with van der Waals surface area (Å²) < 4.78 is 0. The van der Waals surface area contributed by atoms with Crippen molar-refractivity contribution in [2.75, 3.05) is 0 Å². The SMILES string of the molecule is CCCc1ccc(C(C)CC2(c3ccccc3)CC2)cc1. The van der Waals surface area contributed by atoms with Gasteiger partial charge in [-0.05, 0) is 53.7 Å². The van der Waals surface area contributed by atoms with Crippen LogP contribution >= 0.6 is 0 Å². The number of aryl methyl sites for hydroxylation is 1. The lowest BCUT2D eigenvalue weighted by Gasteiger charge is -2.21. The molecular weight excluding hydrogens is 252 g/mol. The quantitative estimate of drug-likeness (QED) is 0.620. The fourth-order valence-electron chi connectivity index (χ4n) is 3.56. The molecule has 0 saturated heterocycles. The van der Waals surface area contributed by atoms with Crippen LogP contribution in [0.1, 0.15) is 62.1 Å². The molecule has 0 nitrogen and oxygen atoms in total. The van der Waals surface area contributed by atoms with Gasteiger partial charge in [0.15, 0.2) is 0 Å². The van der Waals surface area contributed by atoms with Crippen LogP contribution in [0.4, 0.5) is 0 Å². The third-order valence-electron chi connectivity index (χ3n) is 5.02. The molecule has 0 N–H and O–H groups in total. The van der Waals surface area contributed by atoms with Crippen molar-refractivity contribution in [3.63, 3.8) is 0 Å². The molecule has 1 unspecified atom stereocenters. The Labute approximate surface area is 129 Å². The fourth-order valence-corrected chi connectivity index (χ4v) is 3.56. The standard InChI is InChI=1S/C21H26/c1-3-7-18-10-12-19(13-11-18)17(2)16-21(14-15-21)20-8-5-4-6-9-20/h4-6,8-13,17H,3,7,14-16H2,1-2H3. The van der Waals surface area contributed by atoms with E-state index in [-0.39, 0.29) is 0 Å². The van der Waals surface area contributed by atoms with Gasteiger partial charge in [0.2, 0.25) is 0 Å². The van der Waals surface area contributed by atoms with Crippen molar-refractivity contribution >= 4 is 0 Å². The van der Waals surface area contributed by atoms with Crippen molar-refractivity contribution in [2.45, 2.75) is 57.3 Å². The van der Waals surface area contributed by atoms with Crippen molar-refractivity contribution in [1.82, 2.24) is 0 Å². The molecule has 2 aromatic carbocycles. The van der Waals surface area contributed by atoms with Crippen molar-refractivity contribution in [3.8, 4) is 0 Å². The van der Waals surface area contributed by atoms with Crippen LogP contribution in [-0.4, -0.2) is 0 Å². The Morgan fingerprint density at radius 1 is 0.952 bits per heavy atom. The minimum atomic E-state index is 0.461. The molecule has 0 heteroatoms. The van der Waals surface area contributed by atoms with E-state index in [4.69, 9.17) is 0 Å². The van der Waals surface area contributed by atoms with Crippen molar-refractivity contribution in [1.29, 1.82) is 0 Å². The molecule has 3 rings (SSSR count). The predicted octanol–water partition coefficient (Wildman–Crippen LogP) is 5.86. The fraction of sp³-hybridized carbons (Fsp3) is 0.429. The summed E-state index contributed by atoms with van der Waals surface area (Å²) in [5.41, 5.74) is 4.97. The van der Waals surface area contributed by atoms with E-state index in [1.165, 1.54) is 43.2 Å². The summed E-state index contributed by atoms with van der Waals surface area (Å²) in [4.78, 5) is 0. The molecule has 0 aliphatic heterocycles. The van der Waals surface area contributed by atoms with E-state index in [2.05, 4.69) is 68.4 Å². The molecule has 0 spiro atoms. The first-order valence-corrected chi connectivity index (χ1v) is 8.38. The summed E-state index contributed by atoms with van der Waals surface area (Å²) in [6.07, 6.45) is 6.42. The zero-order valence-electron chi connectivity index (χ0n) is 13.3. The molecule has 0 heterocycles. The minimum absolute atomic E-state index is 0.461. The van der Waals surface area contributed by atoms with Crippen LogP contribution in [0.2, 0.25) is 0 Å². The van der Waals surface area contributed by atoms with E-state index in [0.29, 0.717) is 11.3 Å². The third-order valence-corrected chi connectivity index (χ3v) is 5.02. The van der Waals surface area contributed by atoms with Crippen LogP contribution in [0.3, 0.4) is 0 Å². The largest absolute Gasteiger partial charge is 0.0651 e. The molecule has 0 aromatic heterocycles. The van der Waals surface area contributed by atoms with Crippen LogP contribution in [-0.2, 0) is 11.8 Å². The maximum atomic E-state index is 2.39.